The SMILES string of the molecule is O=C(OCc1ccccc1)c1cc(F)c([N+](=O)[O-])cc1F. The molecule has 2 aromatic rings. The standard InChI is InChI=1S/C14H9F2NO4/c15-11-7-13(17(19)20)12(16)6-10(11)14(18)21-8-9-4-2-1-3-5-9/h1-7H,8H2. The minimum absolute atomic E-state index is 0.113. The van der Waals surface area contributed by atoms with Crippen molar-refractivity contribution in [3.63, 3.8) is 0 Å². The van der Waals surface area contributed by atoms with Crippen LogP contribution >= 0.6 is 0 Å². The van der Waals surface area contributed by atoms with E-state index in [2.05, 4.69) is 0 Å². The van der Waals surface area contributed by atoms with Crippen LogP contribution in [0.5, 0.6) is 0 Å². The summed E-state index contributed by atoms with van der Waals surface area (Å²) in [6.07, 6.45) is 0. The topological polar surface area (TPSA) is 69.4 Å². The Morgan fingerprint density at radius 3 is 2.43 bits per heavy atom. The lowest BCUT2D eigenvalue weighted by molar-refractivity contribution is -0.387. The van der Waals surface area contributed by atoms with Crippen molar-refractivity contribution in [1.29, 1.82) is 0 Å². The highest BCUT2D eigenvalue weighted by molar-refractivity contribution is 5.90. The highest BCUT2D eigenvalue weighted by Gasteiger charge is 2.22. The van der Waals surface area contributed by atoms with Gasteiger partial charge in [-0.15, -0.1) is 0 Å². The first-order valence-corrected chi connectivity index (χ1v) is 5.83. The molecule has 0 aromatic heterocycles. The summed E-state index contributed by atoms with van der Waals surface area (Å²) in [6, 6.07) is 9.44. The van der Waals surface area contributed by atoms with E-state index in [1.165, 1.54) is 0 Å². The number of halogens is 2. The Morgan fingerprint density at radius 1 is 1.14 bits per heavy atom. The Labute approximate surface area is 117 Å². The fourth-order valence-corrected chi connectivity index (χ4v) is 1.63. The van der Waals surface area contributed by atoms with Gasteiger partial charge in [0.25, 0.3) is 0 Å². The van der Waals surface area contributed by atoms with Crippen molar-refractivity contribution in [3.05, 3.63) is 75.3 Å². The van der Waals surface area contributed by atoms with Gasteiger partial charge in [0.15, 0.2) is 0 Å². The van der Waals surface area contributed by atoms with E-state index in [9.17, 15) is 23.7 Å². The van der Waals surface area contributed by atoms with Gasteiger partial charge >= 0.3 is 11.7 Å². The molecule has 0 heterocycles. The lowest BCUT2D eigenvalue weighted by atomic mass is 10.2. The van der Waals surface area contributed by atoms with E-state index < -0.39 is 33.8 Å². The summed E-state index contributed by atoms with van der Waals surface area (Å²) in [5.41, 5.74) is -1.05. The van der Waals surface area contributed by atoms with E-state index in [1.807, 2.05) is 0 Å². The minimum Gasteiger partial charge on any atom is -0.457 e. The van der Waals surface area contributed by atoms with Gasteiger partial charge in [0.05, 0.1) is 16.6 Å². The molecular weight excluding hydrogens is 284 g/mol. The van der Waals surface area contributed by atoms with Crippen LogP contribution in [-0.4, -0.2) is 10.9 Å². The Balaban J connectivity index is 2.16. The summed E-state index contributed by atoms with van der Waals surface area (Å²) in [7, 11) is 0. The lowest BCUT2D eigenvalue weighted by Gasteiger charge is -2.06. The van der Waals surface area contributed by atoms with Gasteiger partial charge in [0, 0.05) is 0 Å². The van der Waals surface area contributed by atoms with E-state index in [1.54, 1.807) is 30.3 Å². The molecule has 0 N–H and O–H groups in total. The zero-order valence-corrected chi connectivity index (χ0v) is 10.6. The van der Waals surface area contributed by atoms with E-state index in [4.69, 9.17) is 4.74 Å². The van der Waals surface area contributed by atoms with E-state index in [0.717, 1.165) is 0 Å². The number of carbonyl (C=O) groups is 1. The van der Waals surface area contributed by atoms with Crippen molar-refractivity contribution in [2.75, 3.05) is 0 Å². The Kier molecular flexibility index (Phi) is 4.22. The highest BCUT2D eigenvalue weighted by Crippen LogP contribution is 2.22. The van der Waals surface area contributed by atoms with Gasteiger partial charge in [-0.1, -0.05) is 30.3 Å². The molecule has 0 unspecified atom stereocenters. The summed E-state index contributed by atoms with van der Waals surface area (Å²) in [6.45, 7) is -0.113. The van der Waals surface area contributed by atoms with Gasteiger partial charge in [-0.05, 0) is 11.6 Å². The molecule has 0 atom stereocenters. The predicted octanol–water partition coefficient (Wildman–Crippen LogP) is 3.23. The summed E-state index contributed by atoms with van der Waals surface area (Å²) < 4.78 is 31.8. The second-order valence-corrected chi connectivity index (χ2v) is 4.10. The number of benzene rings is 2. The van der Waals surface area contributed by atoms with Crippen LogP contribution in [0.1, 0.15) is 15.9 Å². The number of hydrogen-bond donors (Lipinski definition) is 0. The van der Waals surface area contributed by atoms with Crippen molar-refractivity contribution < 1.29 is 23.2 Å². The molecule has 0 saturated carbocycles. The first kappa shape index (κ1) is 14.6. The Morgan fingerprint density at radius 2 is 1.81 bits per heavy atom. The predicted molar refractivity (Wildman–Crippen MR) is 68.6 cm³/mol. The third kappa shape index (κ3) is 3.38. The zero-order chi connectivity index (χ0) is 15.4. The summed E-state index contributed by atoms with van der Waals surface area (Å²) in [4.78, 5) is 21.1. The number of carbonyl (C=O) groups excluding carboxylic acids is 1. The van der Waals surface area contributed by atoms with Crippen LogP contribution in [0.4, 0.5) is 14.5 Å². The van der Waals surface area contributed by atoms with Crippen LogP contribution < -0.4 is 0 Å². The molecule has 0 aliphatic heterocycles. The fourth-order valence-electron chi connectivity index (χ4n) is 1.63. The summed E-state index contributed by atoms with van der Waals surface area (Å²) >= 11 is 0. The summed E-state index contributed by atoms with van der Waals surface area (Å²) in [5.74, 6) is -3.60. The maximum absolute atomic E-state index is 13.6. The van der Waals surface area contributed by atoms with Crippen LogP contribution in [0.2, 0.25) is 0 Å². The Bertz CT molecular complexity index is 689. The van der Waals surface area contributed by atoms with Gasteiger partial charge < -0.3 is 4.74 Å². The smallest absolute Gasteiger partial charge is 0.341 e. The maximum Gasteiger partial charge on any atom is 0.341 e. The van der Waals surface area contributed by atoms with Crippen molar-refractivity contribution in [1.82, 2.24) is 0 Å². The number of nitro groups is 1. The number of ether oxygens (including phenoxy) is 1. The second-order valence-electron chi connectivity index (χ2n) is 4.10. The average Bonchev–Trinajstić information content (AvgIpc) is 2.47. The minimum atomic E-state index is -1.30. The molecule has 108 valence electrons. The van der Waals surface area contributed by atoms with Gasteiger partial charge in [0.2, 0.25) is 5.82 Å². The highest BCUT2D eigenvalue weighted by atomic mass is 19.1. The molecule has 0 aliphatic carbocycles. The summed E-state index contributed by atoms with van der Waals surface area (Å²) in [5, 5.41) is 10.4. The van der Waals surface area contributed by atoms with Crippen LogP contribution in [-0.2, 0) is 11.3 Å². The molecule has 5 nitrogen and oxygen atoms in total. The van der Waals surface area contributed by atoms with Crippen LogP contribution in [0.15, 0.2) is 42.5 Å². The number of nitrogens with zero attached hydrogens (tertiary/aromatic N) is 1. The largest absolute Gasteiger partial charge is 0.457 e. The molecule has 0 bridgehead atoms. The molecular formula is C14H9F2NO4. The number of esters is 1. The monoisotopic (exact) mass is 293 g/mol. The van der Waals surface area contributed by atoms with Crippen molar-refractivity contribution in [2.45, 2.75) is 6.61 Å². The molecule has 21 heavy (non-hydrogen) atoms. The van der Waals surface area contributed by atoms with E-state index in [-0.39, 0.29) is 6.61 Å². The maximum atomic E-state index is 13.6. The number of nitro benzene ring substituents is 1. The molecule has 2 rings (SSSR count). The van der Waals surface area contributed by atoms with Crippen LogP contribution in [0, 0.1) is 21.7 Å². The molecule has 0 radical (unpaired) electrons. The number of hydrogen-bond acceptors (Lipinski definition) is 4. The first-order valence-electron chi connectivity index (χ1n) is 5.83. The third-order valence-corrected chi connectivity index (χ3v) is 2.67. The normalized spacial score (nSPS) is 10.2. The molecule has 0 amide bonds. The Hall–Kier alpha value is -2.83. The lowest BCUT2D eigenvalue weighted by Crippen LogP contribution is -2.09. The van der Waals surface area contributed by atoms with Gasteiger partial charge in [-0.25, -0.2) is 9.18 Å². The molecule has 0 aliphatic rings. The third-order valence-electron chi connectivity index (χ3n) is 2.67. The van der Waals surface area contributed by atoms with Crippen molar-refractivity contribution in [3.8, 4) is 0 Å². The quantitative estimate of drug-likeness (QED) is 0.493. The zero-order valence-electron chi connectivity index (χ0n) is 10.6. The second kappa shape index (κ2) is 6.08. The molecule has 2 aromatic carbocycles. The molecule has 0 saturated heterocycles. The van der Waals surface area contributed by atoms with E-state index >= 15 is 0 Å². The van der Waals surface area contributed by atoms with Gasteiger partial charge in [0.1, 0.15) is 12.4 Å². The van der Waals surface area contributed by atoms with Crippen LogP contribution in [0.3, 0.4) is 0 Å². The van der Waals surface area contributed by atoms with Gasteiger partial charge in [-0.3, -0.25) is 10.1 Å². The fraction of sp³-hybridized carbons (Fsp3) is 0.0714. The van der Waals surface area contributed by atoms with Crippen molar-refractivity contribution >= 4 is 11.7 Å². The van der Waals surface area contributed by atoms with Gasteiger partial charge in [-0.2, -0.15) is 4.39 Å². The van der Waals surface area contributed by atoms with E-state index in [0.29, 0.717) is 17.7 Å². The molecule has 7 heteroatoms. The molecule has 0 fully saturated rings. The average molecular weight is 293 g/mol. The number of rotatable bonds is 4. The van der Waals surface area contributed by atoms with Crippen LogP contribution in [0.25, 0.3) is 0 Å². The first-order chi connectivity index (χ1) is 9.99. The molecule has 0 spiro atoms. The van der Waals surface area contributed by atoms with Crippen molar-refractivity contribution in [2.24, 2.45) is 0 Å².